The second kappa shape index (κ2) is 6.94. The summed E-state index contributed by atoms with van der Waals surface area (Å²) in [5.74, 6) is 0.863. The molecule has 0 aliphatic heterocycles. The lowest BCUT2D eigenvalue weighted by atomic mass is 9.87. The lowest BCUT2D eigenvalue weighted by Gasteiger charge is -2.29. The molecule has 1 heterocycles. The van der Waals surface area contributed by atoms with Crippen LogP contribution in [0.1, 0.15) is 39.5 Å². The molecule has 0 amide bonds. The van der Waals surface area contributed by atoms with Crippen molar-refractivity contribution in [2.45, 2.75) is 50.5 Å². The molecule has 118 valence electrons. The predicted octanol–water partition coefficient (Wildman–Crippen LogP) is 3.02. The van der Waals surface area contributed by atoms with Crippen LogP contribution in [0.4, 0.5) is 5.82 Å². The first-order valence-corrected chi connectivity index (χ1v) is 9.22. The summed E-state index contributed by atoms with van der Waals surface area (Å²) in [6, 6.07) is 1.44. The molecule has 1 saturated carbocycles. The standard InChI is InChI=1S/C14H22ClN3O2S/c1-3-16-14-12(15)8-11(9-17-14)21(19,20)18-13-7-5-4-6-10(13)2/h8-10,13,18H,3-7H2,1-2H3,(H,16,17). The van der Waals surface area contributed by atoms with Crippen LogP contribution in [0, 0.1) is 5.92 Å². The molecule has 21 heavy (non-hydrogen) atoms. The van der Waals surface area contributed by atoms with Crippen LogP contribution in [0.25, 0.3) is 0 Å². The SMILES string of the molecule is CCNc1ncc(S(=O)(=O)NC2CCCCC2C)cc1Cl. The van der Waals surface area contributed by atoms with E-state index in [-0.39, 0.29) is 10.9 Å². The summed E-state index contributed by atoms with van der Waals surface area (Å²) >= 11 is 6.07. The highest BCUT2D eigenvalue weighted by atomic mass is 35.5. The summed E-state index contributed by atoms with van der Waals surface area (Å²) in [5, 5.41) is 3.30. The van der Waals surface area contributed by atoms with Crippen molar-refractivity contribution in [3.63, 3.8) is 0 Å². The van der Waals surface area contributed by atoms with Crippen molar-refractivity contribution in [1.29, 1.82) is 0 Å². The molecular weight excluding hydrogens is 310 g/mol. The topological polar surface area (TPSA) is 71.1 Å². The van der Waals surface area contributed by atoms with Crippen molar-refractivity contribution in [2.24, 2.45) is 5.92 Å². The van der Waals surface area contributed by atoms with Crippen molar-refractivity contribution in [3.05, 3.63) is 17.3 Å². The molecule has 1 aromatic heterocycles. The summed E-state index contributed by atoms with van der Waals surface area (Å²) in [6.45, 7) is 4.69. The van der Waals surface area contributed by atoms with Crippen LogP contribution in [-0.4, -0.2) is 26.0 Å². The highest BCUT2D eigenvalue weighted by Crippen LogP contribution is 2.26. The summed E-state index contributed by atoms with van der Waals surface area (Å²) in [7, 11) is -3.57. The summed E-state index contributed by atoms with van der Waals surface area (Å²) < 4.78 is 27.7. The van der Waals surface area contributed by atoms with Gasteiger partial charge in [0.25, 0.3) is 0 Å². The Hall–Kier alpha value is -0.850. The van der Waals surface area contributed by atoms with E-state index in [0.717, 1.165) is 19.3 Å². The van der Waals surface area contributed by atoms with Crippen molar-refractivity contribution in [2.75, 3.05) is 11.9 Å². The van der Waals surface area contributed by atoms with Gasteiger partial charge in [0.05, 0.1) is 5.02 Å². The monoisotopic (exact) mass is 331 g/mol. The zero-order valence-corrected chi connectivity index (χ0v) is 14.0. The second-order valence-electron chi connectivity index (χ2n) is 5.52. The van der Waals surface area contributed by atoms with E-state index >= 15 is 0 Å². The highest BCUT2D eigenvalue weighted by molar-refractivity contribution is 7.89. The number of hydrogen-bond donors (Lipinski definition) is 2. The lowest BCUT2D eigenvalue weighted by Crippen LogP contribution is -2.41. The van der Waals surface area contributed by atoms with E-state index in [0.29, 0.717) is 23.3 Å². The van der Waals surface area contributed by atoms with Crippen LogP contribution in [0.5, 0.6) is 0 Å². The van der Waals surface area contributed by atoms with Crippen LogP contribution in [0.3, 0.4) is 0 Å². The third kappa shape index (κ3) is 4.08. The molecule has 2 atom stereocenters. The van der Waals surface area contributed by atoms with Crippen molar-refractivity contribution >= 4 is 27.4 Å². The molecule has 2 N–H and O–H groups in total. The summed E-state index contributed by atoms with van der Waals surface area (Å²) in [4.78, 5) is 4.20. The first-order valence-electron chi connectivity index (χ1n) is 7.35. The maximum atomic E-state index is 12.4. The zero-order valence-electron chi connectivity index (χ0n) is 12.4. The molecule has 1 aliphatic rings. The van der Waals surface area contributed by atoms with Crippen LogP contribution < -0.4 is 10.0 Å². The number of halogens is 1. The van der Waals surface area contributed by atoms with E-state index < -0.39 is 10.0 Å². The molecule has 7 heteroatoms. The molecule has 1 fully saturated rings. The Kier molecular flexibility index (Phi) is 5.46. The average molecular weight is 332 g/mol. The number of rotatable bonds is 5. The Balaban J connectivity index is 2.17. The van der Waals surface area contributed by atoms with Gasteiger partial charge in [-0.2, -0.15) is 0 Å². The van der Waals surface area contributed by atoms with Crippen LogP contribution >= 0.6 is 11.6 Å². The molecular formula is C14H22ClN3O2S. The molecule has 1 aromatic rings. The normalized spacial score (nSPS) is 23.0. The van der Waals surface area contributed by atoms with Gasteiger partial charge in [-0.15, -0.1) is 0 Å². The molecule has 5 nitrogen and oxygen atoms in total. The maximum absolute atomic E-state index is 12.4. The Morgan fingerprint density at radius 1 is 1.38 bits per heavy atom. The van der Waals surface area contributed by atoms with Crippen LogP contribution in [-0.2, 0) is 10.0 Å². The first kappa shape index (κ1) is 16.5. The highest BCUT2D eigenvalue weighted by Gasteiger charge is 2.27. The Bertz CT molecular complexity index is 592. The van der Waals surface area contributed by atoms with Gasteiger partial charge in [-0.3, -0.25) is 0 Å². The average Bonchev–Trinajstić information content (AvgIpc) is 2.43. The van der Waals surface area contributed by atoms with Gasteiger partial charge in [0.15, 0.2) is 0 Å². The van der Waals surface area contributed by atoms with E-state index in [1.165, 1.54) is 18.7 Å². The molecule has 0 radical (unpaired) electrons. The van der Waals surface area contributed by atoms with Crippen molar-refractivity contribution < 1.29 is 8.42 Å². The van der Waals surface area contributed by atoms with Gasteiger partial charge in [-0.05, 0) is 31.7 Å². The van der Waals surface area contributed by atoms with Crippen molar-refractivity contribution in [1.82, 2.24) is 9.71 Å². The summed E-state index contributed by atoms with van der Waals surface area (Å²) in [6.07, 6.45) is 5.53. The first-order chi connectivity index (χ1) is 9.94. The van der Waals surface area contributed by atoms with Gasteiger partial charge in [-0.1, -0.05) is 31.4 Å². The fourth-order valence-corrected chi connectivity index (χ4v) is 4.27. The Morgan fingerprint density at radius 3 is 2.71 bits per heavy atom. The van der Waals surface area contributed by atoms with Gasteiger partial charge in [0.1, 0.15) is 10.7 Å². The minimum Gasteiger partial charge on any atom is -0.369 e. The minimum atomic E-state index is -3.57. The number of sulfonamides is 1. The number of nitrogens with zero attached hydrogens (tertiary/aromatic N) is 1. The molecule has 0 aromatic carbocycles. The number of hydrogen-bond acceptors (Lipinski definition) is 4. The van der Waals surface area contributed by atoms with Crippen LogP contribution in [0.15, 0.2) is 17.2 Å². The van der Waals surface area contributed by atoms with Gasteiger partial charge >= 0.3 is 0 Å². The zero-order chi connectivity index (χ0) is 15.5. The Labute approximate surface area is 131 Å². The smallest absolute Gasteiger partial charge is 0.242 e. The number of pyridine rings is 1. The van der Waals surface area contributed by atoms with Crippen molar-refractivity contribution in [3.8, 4) is 0 Å². The minimum absolute atomic E-state index is 0.00373. The predicted molar refractivity (Wildman–Crippen MR) is 85.2 cm³/mol. The van der Waals surface area contributed by atoms with E-state index in [1.807, 2.05) is 6.92 Å². The molecule has 0 bridgehead atoms. The van der Waals surface area contributed by atoms with E-state index in [4.69, 9.17) is 11.6 Å². The molecule has 2 unspecified atom stereocenters. The fraction of sp³-hybridized carbons (Fsp3) is 0.643. The van der Waals surface area contributed by atoms with E-state index in [1.54, 1.807) is 0 Å². The Morgan fingerprint density at radius 2 is 2.10 bits per heavy atom. The van der Waals surface area contributed by atoms with Gasteiger partial charge in [0.2, 0.25) is 10.0 Å². The molecule has 2 rings (SSSR count). The third-order valence-electron chi connectivity index (χ3n) is 3.89. The van der Waals surface area contributed by atoms with E-state index in [2.05, 4.69) is 21.9 Å². The van der Waals surface area contributed by atoms with E-state index in [9.17, 15) is 8.42 Å². The van der Waals surface area contributed by atoms with Gasteiger partial charge in [0, 0.05) is 18.8 Å². The third-order valence-corrected chi connectivity index (χ3v) is 5.63. The second-order valence-corrected chi connectivity index (χ2v) is 7.64. The van der Waals surface area contributed by atoms with Gasteiger partial charge in [-0.25, -0.2) is 18.1 Å². The molecule has 0 spiro atoms. The number of anilines is 1. The lowest BCUT2D eigenvalue weighted by molar-refractivity contribution is 0.310. The van der Waals surface area contributed by atoms with Crippen LogP contribution in [0.2, 0.25) is 5.02 Å². The quantitative estimate of drug-likeness (QED) is 0.870. The molecule has 0 saturated heterocycles. The molecule has 1 aliphatic carbocycles. The fourth-order valence-electron chi connectivity index (χ4n) is 2.62. The number of aromatic nitrogens is 1. The largest absolute Gasteiger partial charge is 0.369 e. The maximum Gasteiger partial charge on any atom is 0.242 e. The summed E-state index contributed by atoms with van der Waals surface area (Å²) in [5.41, 5.74) is 0. The van der Waals surface area contributed by atoms with Gasteiger partial charge < -0.3 is 5.32 Å². The number of nitrogens with one attached hydrogen (secondary N) is 2.